The molecule has 2 rings (SSSR count). The molecule has 1 aliphatic heterocycles. The highest BCUT2D eigenvalue weighted by Crippen LogP contribution is 2.19. The molecule has 6 heteroatoms. The molecule has 92 valence electrons. The smallest absolute Gasteiger partial charge is 0.374 e. The Balaban J connectivity index is 1.98. The van der Waals surface area contributed by atoms with Crippen molar-refractivity contribution in [3.63, 3.8) is 0 Å². The van der Waals surface area contributed by atoms with Gasteiger partial charge in [0.2, 0.25) is 0 Å². The molecule has 0 bridgehead atoms. The van der Waals surface area contributed by atoms with E-state index in [2.05, 4.69) is 5.16 Å². The largest absolute Gasteiger partial charge is 0.417 e. The van der Waals surface area contributed by atoms with Gasteiger partial charge in [0.15, 0.2) is 6.29 Å². The van der Waals surface area contributed by atoms with Crippen LogP contribution in [0, 0.1) is 0 Å². The van der Waals surface area contributed by atoms with Crippen LogP contribution in [-0.4, -0.2) is 35.0 Å². The number of rotatable bonds is 2. The third-order valence-corrected chi connectivity index (χ3v) is 2.85. The molecule has 0 spiro atoms. The van der Waals surface area contributed by atoms with Crippen molar-refractivity contribution in [3.8, 4) is 5.95 Å². The Bertz CT molecular complexity index is 415. The maximum atomic E-state index is 11.8. The van der Waals surface area contributed by atoms with Gasteiger partial charge >= 0.3 is 12.0 Å². The molecule has 6 nitrogen and oxygen atoms in total. The maximum Gasteiger partial charge on any atom is 0.417 e. The van der Waals surface area contributed by atoms with Crippen LogP contribution < -0.4 is 4.74 Å². The lowest BCUT2D eigenvalue weighted by Gasteiger charge is -2.31. The Hall–Kier alpha value is -1.85. The first-order valence-electron chi connectivity index (χ1n) is 5.61. The summed E-state index contributed by atoms with van der Waals surface area (Å²) in [5.74, 6) is -0.0464. The lowest BCUT2D eigenvalue weighted by molar-refractivity contribution is 0.107. The highest BCUT2D eigenvalue weighted by Gasteiger charge is 2.25. The second kappa shape index (κ2) is 4.99. The quantitative estimate of drug-likeness (QED) is 0.735. The summed E-state index contributed by atoms with van der Waals surface area (Å²) < 4.78 is 9.71. The number of ether oxygens (including phenoxy) is 1. The summed E-state index contributed by atoms with van der Waals surface area (Å²) in [6.45, 7) is 2.67. The number of carbonyl (C=O) groups is 2. The maximum absolute atomic E-state index is 11.8. The van der Waals surface area contributed by atoms with Crippen molar-refractivity contribution >= 4 is 12.4 Å². The lowest BCUT2D eigenvalue weighted by Crippen LogP contribution is -2.43. The molecule has 1 unspecified atom stereocenters. The molecule has 1 fully saturated rings. The molecule has 0 N–H and O–H groups in total. The molecule has 1 atom stereocenters. The Labute approximate surface area is 98.5 Å². The number of amides is 1. The fourth-order valence-electron chi connectivity index (χ4n) is 1.89. The zero-order chi connectivity index (χ0) is 12.3. The third kappa shape index (κ3) is 2.64. The van der Waals surface area contributed by atoms with Gasteiger partial charge < -0.3 is 14.2 Å². The number of hydrogen-bond acceptors (Lipinski definition) is 5. The van der Waals surface area contributed by atoms with Crippen LogP contribution in [0.1, 0.15) is 36.7 Å². The van der Waals surface area contributed by atoms with Crippen LogP contribution >= 0.6 is 0 Å². The number of likely N-dealkylation sites (tertiary alicyclic amines) is 1. The Morgan fingerprint density at radius 1 is 1.65 bits per heavy atom. The van der Waals surface area contributed by atoms with Crippen molar-refractivity contribution in [2.45, 2.75) is 32.2 Å². The molecule has 1 saturated heterocycles. The van der Waals surface area contributed by atoms with Crippen LogP contribution in [0.25, 0.3) is 0 Å². The van der Waals surface area contributed by atoms with E-state index in [4.69, 9.17) is 9.26 Å². The Morgan fingerprint density at radius 3 is 3.12 bits per heavy atom. The topological polar surface area (TPSA) is 72.6 Å². The minimum Gasteiger partial charge on any atom is -0.374 e. The second-order valence-corrected chi connectivity index (χ2v) is 4.09. The normalized spacial score (nSPS) is 20.1. The van der Waals surface area contributed by atoms with Gasteiger partial charge in [-0.3, -0.25) is 4.79 Å². The van der Waals surface area contributed by atoms with E-state index >= 15 is 0 Å². The summed E-state index contributed by atoms with van der Waals surface area (Å²) >= 11 is 0. The van der Waals surface area contributed by atoms with Gasteiger partial charge in [0.05, 0.1) is 6.07 Å². The van der Waals surface area contributed by atoms with E-state index in [1.54, 1.807) is 4.90 Å². The van der Waals surface area contributed by atoms with Gasteiger partial charge in [-0.05, 0) is 26.2 Å². The first kappa shape index (κ1) is 11.6. The summed E-state index contributed by atoms with van der Waals surface area (Å²) in [5.41, 5.74) is 0.111. The molecule has 1 aromatic heterocycles. The van der Waals surface area contributed by atoms with Crippen LogP contribution in [0.3, 0.4) is 0 Å². The summed E-state index contributed by atoms with van der Waals surface area (Å²) in [4.78, 5) is 23.8. The molecular formula is C11H14N2O4. The van der Waals surface area contributed by atoms with Crippen molar-refractivity contribution in [1.82, 2.24) is 10.1 Å². The first-order valence-corrected chi connectivity index (χ1v) is 5.61. The van der Waals surface area contributed by atoms with E-state index < -0.39 is 6.09 Å². The fourth-order valence-corrected chi connectivity index (χ4v) is 1.89. The molecule has 1 aromatic rings. The highest BCUT2D eigenvalue weighted by molar-refractivity contribution is 5.73. The highest BCUT2D eigenvalue weighted by atomic mass is 16.7. The predicted octanol–water partition coefficient (Wildman–Crippen LogP) is 1.86. The molecular weight excluding hydrogens is 224 g/mol. The average Bonchev–Trinajstić information content (AvgIpc) is 2.77. The van der Waals surface area contributed by atoms with Crippen LogP contribution in [-0.2, 0) is 0 Å². The monoisotopic (exact) mass is 238 g/mol. The lowest BCUT2D eigenvalue weighted by atomic mass is 10.0. The van der Waals surface area contributed by atoms with E-state index in [1.165, 1.54) is 6.07 Å². The standard InChI is InChI=1S/C11H14N2O4/c1-8-4-2-3-5-13(8)11(15)16-10-6-9(7-14)12-17-10/h6-8H,2-5H2,1H3. The second-order valence-electron chi connectivity index (χ2n) is 4.09. The van der Waals surface area contributed by atoms with E-state index in [0.717, 1.165) is 19.3 Å². The Morgan fingerprint density at radius 2 is 2.47 bits per heavy atom. The third-order valence-electron chi connectivity index (χ3n) is 2.85. The van der Waals surface area contributed by atoms with Crippen molar-refractivity contribution in [2.24, 2.45) is 0 Å². The zero-order valence-corrected chi connectivity index (χ0v) is 9.59. The molecule has 1 aliphatic rings. The van der Waals surface area contributed by atoms with Crippen molar-refractivity contribution in [3.05, 3.63) is 11.8 Å². The SMILES string of the molecule is CC1CCCCN1C(=O)Oc1cc(C=O)no1. The number of aldehydes is 1. The molecule has 0 saturated carbocycles. The minimum absolute atomic E-state index is 0.0464. The van der Waals surface area contributed by atoms with E-state index in [9.17, 15) is 9.59 Å². The summed E-state index contributed by atoms with van der Waals surface area (Å²) in [7, 11) is 0. The van der Waals surface area contributed by atoms with Crippen molar-refractivity contribution in [2.75, 3.05) is 6.54 Å². The van der Waals surface area contributed by atoms with Gasteiger partial charge in [-0.2, -0.15) is 0 Å². The van der Waals surface area contributed by atoms with Crippen molar-refractivity contribution < 1.29 is 18.8 Å². The van der Waals surface area contributed by atoms with Gasteiger partial charge in [0, 0.05) is 12.6 Å². The number of nitrogens with zero attached hydrogens (tertiary/aromatic N) is 2. The number of hydrogen-bond donors (Lipinski definition) is 0. The molecule has 2 heterocycles. The van der Waals surface area contributed by atoms with Gasteiger partial charge in [0.1, 0.15) is 5.69 Å². The molecule has 0 aromatic carbocycles. The van der Waals surface area contributed by atoms with Gasteiger partial charge in [-0.25, -0.2) is 4.79 Å². The van der Waals surface area contributed by atoms with Crippen molar-refractivity contribution in [1.29, 1.82) is 0 Å². The number of piperidine rings is 1. The fraction of sp³-hybridized carbons (Fsp3) is 0.545. The zero-order valence-electron chi connectivity index (χ0n) is 9.59. The number of aromatic nitrogens is 1. The first-order chi connectivity index (χ1) is 8.20. The molecule has 1 amide bonds. The molecule has 17 heavy (non-hydrogen) atoms. The van der Waals surface area contributed by atoms with Gasteiger partial charge in [-0.15, -0.1) is 0 Å². The van der Waals surface area contributed by atoms with Crippen LogP contribution in [0.15, 0.2) is 10.6 Å². The van der Waals surface area contributed by atoms with Gasteiger partial charge in [-0.1, -0.05) is 5.16 Å². The van der Waals surface area contributed by atoms with Gasteiger partial charge in [0.25, 0.3) is 0 Å². The summed E-state index contributed by atoms with van der Waals surface area (Å²) in [6.07, 6.45) is 3.17. The average molecular weight is 238 g/mol. The predicted molar refractivity (Wildman–Crippen MR) is 57.9 cm³/mol. The molecule has 0 aliphatic carbocycles. The summed E-state index contributed by atoms with van der Waals surface area (Å²) in [6, 6.07) is 1.46. The Kier molecular flexibility index (Phi) is 3.41. The van der Waals surface area contributed by atoms with E-state index in [-0.39, 0.29) is 17.7 Å². The number of carbonyl (C=O) groups excluding carboxylic acids is 2. The molecule has 0 radical (unpaired) electrons. The minimum atomic E-state index is -0.453. The van der Waals surface area contributed by atoms with Crippen LogP contribution in [0.5, 0.6) is 5.95 Å². The van der Waals surface area contributed by atoms with Crippen LogP contribution in [0.2, 0.25) is 0 Å². The van der Waals surface area contributed by atoms with Crippen LogP contribution in [0.4, 0.5) is 4.79 Å². The van der Waals surface area contributed by atoms with E-state index in [0.29, 0.717) is 12.8 Å². The van der Waals surface area contributed by atoms with E-state index in [1.807, 2.05) is 6.92 Å². The summed E-state index contributed by atoms with van der Waals surface area (Å²) in [5, 5.41) is 3.41.